The van der Waals surface area contributed by atoms with Crippen LogP contribution in [-0.2, 0) is 9.59 Å². The molecule has 3 aliphatic rings. The molecule has 0 saturated carbocycles. The minimum absolute atomic E-state index is 0.00486. The number of urea groups is 1. The summed E-state index contributed by atoms with van der Waals surface area (Å²) in [5.74, 6) is -0.185. The molecule has 3 aliphatic heterocycles. The number of ether oxygens (including phenoxy) is 1. The lowest BCUT2D eigenvalue weighted by molar-refractivity contribution is -0.136. The number of ketones is 1. The summed E-state index contributed by atoms with van der Waals surface area (Å²) in [6, 6.07) is 6.54. The van der Waals surface area contributed by atoms with Gasteiger partial charge in [-0.3, -0.25) is 19.3 Å². The van der Waals surface area contributed by atoms with Gasteiger partial charge in [-0.1, -0.05) is 12.1 Å². The molecule has 0 radical (unpaired) electrons. The molecule has 130 valence electrons. The van der Waals surface area contributed by atoms with Crippen LogP contribution in [0.4, 0.5) is 4.79 Å². The van der Waals surface area contributed by atoms with Crippen LogP contribution in [-0.4, -0.2) is 65.2 Å². The summed E-state index contributed by atoms with van der Waals surface area (Å²) in [5.41, 5.74) is -0.157. The van der Waals surface area contributed by atoms with Crippen molar-refractivity contribution in [1.82, 2.24) is 15.1 Å². The zero-order valence-corrected chi connectivity index (χ0v) is 13.5. The number of nitrogens with one attached hydrogen (secondary N) is 1. The third kappa shape index (κ3) is 2.63. The summed E-state index contributed by atoms with van der Waals surface area (Å²) >= 11 is 0. The van der Waals surface area contributed by atoms with E-state index in [-0.39, 0.29) is 37.7 Å². The van der Waals surface area contributed by atoms with Crippen molar-refractivity contribution in [3.63, 3.8) is 0 Å². The Balaban J connectivity index is 1.46. The number of rotatable bonds is 2. The van der Waals surface area contributed by atoms with Crippen LogP contribution >= 0.6 is 0 Å². The van der Waals surface area contributed by atoms with Crippen LogP contribution in [0.2, 0.25) is 0 Å². The fourth-order valence-corrected chi connectivity index (χ4v) is 3.58. The minimum Gasteiger partial charge on any atom is -0.484 e. The first-order chi connectivity index (χ1) is 12.0. The number of amides is 4. The van der Waals surface area contributed by atoms with Gasteiger partial charge >= 0.3 is 6.03 Å². The fourth-order valence-electron chi connectivity index (χ4n) is 3.58. The molecule has 0 aliphatic carbocycles. The first kappa shape index (κ1) is 15.6. The summed E-state index contributed by atoms with van der Waals surface area (Å²) < 4.78 is 6.07. The molecule has 1 aromatic carbocycles. The molecule has 3 heterocycles. The number of Topliss-reactive ketones (excluding diaryl/α,β-unsaturated/α-hetero) is 1. The number of likely N-dealkylation sites (tertiary alicyclic amines) is 1. The van der Waals surface area contributed by atoms with Crippen LogP contribution in [0.25, 0.3) is 0 Å². The molecule has 1 atom stereocenters. The predicted octanol–water partition coefficient (Wildman–Crippen LogP) is 0.175. The molecule has 1 N–H and O–H groups in total. The van der Waals surface area contributed by atoms with Gasteiger partial charge in [0.05, 0.1) is 25.1 Å². The van der Waals surface area contributed by atoms with Gasteiger partial charge in [-0.2, -0.15) is 0 Å². The standard InChI is InChI=1S/C17H17N3O5/c21-12-7-17(25-13-4-2-1-3-11(12)13)5-6-19(10-17)15(23)9-20-14(22)8-18-16(20)24/h1-4H,5-10H2,(H,18,24)/t17-/m1/s1. The molecule has 2 fully saturated rings. The van der Waals surface area contributed by atoms with Crippen LogP contribution in [0.15, 0.2) is 24.3 Å². The molecule has 0 bridgehead atoms. The van der Waals surface area contributed by atoms with E-state index < -0.39 is 17.5 Å². The highest BCUT2D eigenvalue weighted by Gasteiger charge is 2.47. The van der Waals surface area contributed by atoms with Gasteiger partial charge in [0.15, 0.2) is 5.78 Å². The van der Waals surface area contributed by atoms with Crippen molar-refractivity contribution in [3.05, 3.63) is 29.8 Å². The topological polar surface area (TPSA) is 96.0 Å². The number of carbonyl (C=O) groups excluding carboxylic acids is 4. The van der Waals surface area contributed by atoms with Gasteiger partial charge < -0.3 is 15.0 Å². The van der Waals surface area contributed by atoms with E-state index in [1.54, 1.807) is 29.2 Å². The van der Waals surface area contributed by atoms with E-state index in [2.05, 4.69) is 5.32 Å². The molecule has 1 spiro atoms. The number of imide groups is 1. The van der Waals surface area contributed by atoms with Crippen molar-refractivity contribution in [3.8, 4) is 5.75 Å². The molecule has 0 unspecified atom stereocenters. The third-order valence-electron chi connectivity index (χ3n) is 4.90. The van der Waals surface area contributed by atoms with Gasteiger partial charge in [-0.25, -0.2) is 4.79 Å². The fraction of sp³-hybridized carbons (Fsp3) is 0.412. The quantitative estimate of drug-likeness (QED) is 0.773. The predicted molar refractivity (Wildman–Crippen MR) is 85.1 cm³/mol. The van der Waals surface area contributed by atoms with Crippen molar-refractivity contribution in [1.29, 1.82) is 0 Å². The summed E-state index contributed by atoms with van der Waals surface area (Å²) in [5, 5.41) is 2.39. The number of fused-ring (bicyclic) bond motifs is 1. The van der Waals surface area contributed by atoms with E-state index in [1.807, 2.05) is 0 Å². The Bertz CT molecular complexity index is 776. The van der Waals surface area contributed by atoms with Gasteiger partial charge in [0, 0.05) is 13.0 Å². The van der Waals surface area contributed by atoms with Crippen LogP contribution in [0.5, 0.6) is 5.75 Å². The number of benzene rings is 1. The van der Waals surface area contributed by atoms with Crippen molar-refractivity contribution in [2.75, 3.05) is 26.2 Å². The highest BCUT2D eigenvalue weighted by atomic mass is 16.5. The lowest BCUT2D eigenvalue weighted by Gasteiger charge is -2.34. The van der Waals surface area contributed by atoms with Crippen molar-refractivity contribution in [2.45, 2.75) is 18.4 Å². The smallest absolute Gasteiger partial charge is 0.325 e. The summed E-state index contributed by atoms with van der Waals surface area (Å²) in [7, 11) is 0. The molecule has 4 amide bonds. The summed E-state index contributed by atoms with van der Waals surface area (Å²) in [6.07, 6.45) is 0.760. The minimum atomic E-state index is -0.724. The van der Waals surface area contributed by atoms with Gasteiger partial charge in [-0.05, 0) is 12.1 Å². The number of para-hydroxylation sites is 1. The van der Waals surface area contributed by atoms with Crippen LogP contribution in [0, 0.1) is 0 Å². The zero-order valence-electron chi connectivity index (χ0n) is 13.5. The van der Waals surface area contributed by atoms with E-state index in [0.717, 1.165) is 4.90 Å². The Hall–Kier alpha value is -2.90. The molecule has 4 rings (SSSR count). The molecular formula is C17H17N3O5. The molecular weight excluding hydrogens is 326 g/mol. The molecule has 2 saturated heterocycles. The van der Waals surface area contributed by atoms with Gasteiger partial charge in [0.1, 0.15) is 17.9 Å². The molecule has 1 aromatic rings. The van der Waals surface area contributed by atoms with Gasteiger partial charge in [0.2, 0.25) is 5.91 Å². The Morgan fingerprint density at radius 3 is 2.80 bits per heavy atom. The second-order valence-electron chi connectivity index (χ2n) is 6.59. The first-order valence-electron chi connectivity index (χ1n) is 8.15. The normalized spacial score (nSPS) is 25.2. The first-order valence-corrected chi connectivity index (χ1v) is 8.15. The summed E-state index contributed by atoms with van der Waals surface area (Å²) in [6.45, 7) is 0.337. The SMILES string of the molecule is O=C1C[C@@]2(CCN(C(=O)CN3C(=O)CNC3=O)C2)Oc2ccccc21. The van der Waals surface area contributed by atoms with Crippen LogP contribution in [0.1, 0.15) is 23.2 Å². The Morgan fingerprint density at radius 2 is 2.04 bits per heavy atom. The van der Waals surface area contributed by atoms with Crippen molar-refractivity contribution < 1.29 is 23.9 Å². The van der Waals surface area contributed by atoms with Crippen LogP contribution < -0.4 is 10.1 Å². The maximum absolute atomic E-state index is 12.5. The molecule has 8 heteroatoms. The highest BCUT2D eigenvalue weighted by molar-refractivity contribution is 6.04. The van der Waals surface area contributed by atoms with E-state index >= 15 is 0 Å². The van der Waals surface area contributed by atoms with E-state index in [9.17, 15) is 19.2 Å². The molecule has 25 heavy (non-hydrogen) atoms. The van der Waals surface area contributed by atoms with Crippen LogP contribution in [0.3, 0.4) is 0 Å². The lowest BCUT2D eigenvalue weighted by atomic mass is 9.89. The summed E-state index contributed by atoms with van der Waals surface area (Å²) in [4.78, 5) is 50.5. The van der Waals surface area contributed by atoms with E-state index in [0.29, 0.717) is 24.3 Å². The third-order valence-corrected chi connectivity index (χ3v) is 4.90. The number of hydrogen-bond donors (Lipinski definition) is 1. The largest absolute Gasteiger partial charge is 0.484 e. The Labute approximate surface area is 143 Å². The van der Waals surface area contributed by atoms with E-state index in [4.69, 9.17) is 4.74 Å². The highest BCUT2D eigenvalue weighted by Crippen LogP contribution is 2.38. The molecule has 8 nitrogen and oxygen atoms in total. The second-order valence-corrected chi connectivity index (χ2v) is 6.59. The average molecular weight is 343 g/mol. The Morgan fingerprint density at radius 1 is 1.24 bits per heavy atom. The Kier molecular flexibility index (Phi) is 3.48. The zero-order chi connectivity index (χ0) is 17.6. The van der Waals surface area contributed by atoms with E-state index in [1.165, 1.54) is 0 Å². The van der Waals surface area contributed by atoms with Gasteiger partial charge in [0.25, 0.3) is 5.91 Å². The maximum Gasteiger partial charge on any atom is 0.325 e. The number of hydrogen-bond acceptors (Lipinski definition) is 5. The lowest BCUT2D eigenvalue weighted by Crippen LogP contribution is -2.47. The molecule has 0 aromatic heterocycles. The number of carbonyl (C=O) groups is 4. The van der Waals surface area contributed by atoms with Gasteiger partial charge in [-0.15, -0.1) is 0 Å². The maximum atomic E-state index is 12.5. The monoisotopic (exact) mass is 343 g/mol. The average Bonchev–Trinajstić information content (AvgIpc) is 3.13. The van der Waals surface area contributed by atoms with Crippen molar-refractivity contribution >= 4 is 23.6 Å². The second kappa shape index (κ2) is 5.58. The number of nitrogens with zero attached hydrogens (tertiary/aromatic N) is 2. The van der Waals surface area contributed by atoms with Crippen molar-refractivity contribution in [2.24, 2.45) is 0 Å².